The van der Waals surface area contributed by atoms with E-state index in [1.54, 1.807) is 4.90 Å². The summed E-state index contributed by atoms with van der Waals surface area (Å²) in [6, 6.07) is 3.40. The molecule has 3 unspecified atom stereocenters. The number of halogens is 3. The van der Waals surface area contributed by atoms with Crippen molar-refractivity contribution in [2.75, 3.05) is 11.4 Å². The van der Waals surface area contributed by atoms with Gasteiger partial charge in [-0.25, -0.2) is 22.9 Å². The first-order valence-electron chi connectivity index (χ1n) is 9.62. The number of benzene rings is 1. The van der Waals surface area contributed by atoms with Gasteiger partial charge in [0.2, 0.25) is 5.43 Å². The molecule has 3 heterocycles. The van der Waals surface area contributed by atoms with E-state index >= 15 is 4.39 Å². The van der Waals surface area contributed by atoms with Gasteiger partial charge in [0.15, 0.2) is 17.3 Å². The van der Waals surface area contributed by atoms with Gasteiger partial charge < -0.3 is 15.7 Å². The molecule has 5 rings (SSSR count). The molecule has 1 aliphatic carbocycles. The molecule has 3 aromatic rings. The number of carbonyl (C=O) groups is 1. The molecule has 2 aliphatic rings. The third-order valence-electron chi connectivity index (χ3n) is 6.45. The molecular formula is C21H17F3N4O3. The largest absolute Gasteiger partial charge is 0.477 e. The molecule has 3 atom stereocenters. The van der Waals surface area contributed by atoms with Crippen molar-refractivity contribution in [2.24, 2.45) is 11.7 Å². The van der Waals surface area contributed by atoms with Gasteiger partial charge in [-0.1, -0.05) is 0 Å². The predicted octanol–water partition coefficient (Wildman–Crippen LogP) is 2.43. The van der Waals surface area contributed by atoms with Crippen molar-refractivity contribution in [3.05, 3.63) is 63.7 Å². The highest BCUT2D eigenvalue weighted by molar-refractivity contribution is 5.92. The van der Waals surface area contributed by atoms with Gasteiger partial charge in [-0.05, 0) is 37.5 Å². The molecule has 160 valence electrons. The minimum Gasteiger partial charge on any atom is -0.477 e. The lowest BCUT2D eigenvalue weighted by atomic mass is 10.1. The summed E-state index contributed by atoms with van der Waals surface area (Å²) in [5, 5.41) is 9.07. The molecule has 2 fully saturated rings. The maximum Gasteiger partial charge on any atom is 0.341 e. The Kier molecular flexibility index (Phi) is 3.97. The summed E-state index contributed by atoms with van der Waals surface area (Å²) in [7, 11) is 0. The van der Waals surface area contributed by atoms with Crippen molar-refractivity contribution in [1.82, 2.24) is 9.55 Å². The first-order valence-corrected chi connectivity index (χ1v) is 9.62. The Morgan fingerprint density at radius 3 is 2.61 bits per heavy atom. The second-order valence-electron chi connectivity index (χ2n) is 8.15. The zero-order chi connectivity index (χ0) is 22.2. The van der Waals surface area contributed by atoms with Crippen LogP contribution in [0.5, 0.6) is 0 Å². The van der Waals surface area contributed by atoms with Crippen LogP contribution in [-0.4, -0.2) is 38.8 Å². The Morgan fingerprint density at radius 1 is 1.26 bits per heavy atom. The maximum atomic E-state index is 15.0. The molecule has 3 N–H and O–H groups in total. The summed E-state index contributed by atoms with van der Waals surface area (Å²) in [5.41, 5.74) is 3.87. The molecule has 1 saturated carbocycles. The highest BCUT2D eigenvalue weighted by Gasteiger charge is 2.62. The standard InChI is InChI=1S/C21H17F3N4O3/c1-9-21(25)6-10(21)7-27(9)19-15(24)5-12-17(29)13(20(30)31)8-28(18(12)26-19)16-3-2-11(22)4-14(16)23/h2-5,8-10H,6-7,25H2,1H3,(H,30,31). The fraction of sp³-hybridized carbons (Fsp3) is 0.286. The van der Waals surface area contributed by atoms with Gasteiger partial charge in [-0.3, -0.25) is 9.36 Å². The highest BCUT2D eigenvalue weighted by Crippen LogP contribution is 2.52. The van der Waals surface area contributed by atoms with Crippen LogP contribution in [-0.2, 0) is 0 Å². The number of carboxylic acids is 1. The average Bonchev–Trinajstić information content (AvgIpc) is 3.30. The number of pyridine rings is 2. The summed E-state index contributed by atoms with van der Waals surface area (Å²) in [6.07, 6.45) is 1.74. The third kappa shape index (κ3) is 2.74. The second-order valence-corrected chi connectivity index (χ2v) is 8.15. The maximum absolute atomic E-state index is 15.0. The molecule has 0 amide bonds. The van der Waals surface area contributed by atoms with E-state index in [1.165, 1.54) is 0 Å². The van der Waals surface area contributed by atoms with Crippen molar-refractivity contribution < 1.29 is 23.1 Å². The molecule has 10 heteroatoms. The number of piperidine rings is 1. The molecule has 0 bridgehead atoms. The van der Waals surface area contributed by atoms with Gasteiger partial charge in [0.25, 0.3) is 0 Å². The fourth-order valence-corrected chi connectivity index (χ4v) is 4.50. The minimum atomic E-state index is -1.56. The molecule has 7 nitrogen and oxygen atoms in total. The Bertz CT molecular complexity index is 1340. The van der Waals surface area contributed by atoms with Gasteiger partial charge in [0.1, 0.15) is 17.2 Å². The van der Waals surface area contributed by atoms with Crippen LogP contribution in [0.2, 0.25) is 0 Å². The summed E-state index contributed by atoms with van der Waals surface area (Å²) >= 11 is 0. The molecule has 2 aromatic heterocycles. The Hall–Kier alpha value is -3.40. The zero-order valence-electron chi connectivity index (χ0n) is 16.3. The van der Waals surface area contributed by atoms with Gasteiger partial charge in [0, 0.05) is 30.4 Å². The number of nitrogens with zero attached hydrogens (tertiary/aromatic N) is 3. The zero-order valence-corrected chi connectivity index (χ0v) is 16.3. The molecule has 0 spiro atoms. The van der Waals surface area contributed by atoms with Crippen LogP contribution < -0.4 is 16.1 Å². The number of aromatic nitrogens is 2. The smallest absolute Gasteiger partial charge is 0.341 e. The first-order chi connectivity index (χ1) is 14.6. The Balaban J connectivity index is 1.79. The van der Waals surface area contributed by atoms with E-state index in [9.17, 15) is 23.5 Å². The molecule has 1 aromatic carbocycles. The number of hydrogen-bond donors (Lipinski definition) is 2. The van der Waals surface area contributed by atoms with Crippen LogP contribution in [0.4, 0.5) is 19.0 Å². The van der Waals surface area contributed by atoms with Gasteiger partial charge in [-0.2, -0.15) is 0 Å². The van der Waals surface area contributed by atoms with Crippen molar-refractivity contribution in [3.8, 4) is 5.69 Å². The van der Waals surface area contributed by atoms with E-state index in [0.717, 1.165) is 35.4 Å². The van der Waals surface area contributed by atoms with Crippen LogP contribution in [0, 0.1) is 23.4 Å². The molecule has 1 aliphatic heterocycles. The lowest BCUT2D eigenvalue weighted by molar-refractivity contribution is 0.0695. The van der Waals surface area contributed by atoms with E-state index in [1.807, 2.05) is 6.92 Å². The Labute approximate surface area is 173 Å². The van der Waals surface area contributed by atoms with Crippen LogP contribution in [0.25, 0.3) is 16.7 Å². The van der Waals surface area contributed by atoms with E-state index in [0.29, 0.717) is 12.6 Å². The van der Waals surface area contributed by atoms with Gasteiger partial charge >= 0.3 is 5.97 Å². The highest BCUT2D eigenvalue weighted by atomic mass is 19.1. The number of fused-ring (bicyclic) bond motifs is 2. The number of anilines is 1. The molecular weight excluding hydrogens is 413 g/mol. The lowest BCUT2D eigenvalue weighted by Crippen LogP contribution is -2.43. The van der Waals surface area contributed by atoms with Crippen molar-refractivity contribution in [2.45, 2.75) is 24.9 Å². The number of aromatic carboxylic acids is 1. The number of hydrogen-bond acceptors (Lipinski definition) is 5. The topological polar surface area (TPSA) is 101 Å². The van der Waals surface area contributed by atoms with Crippen LogP contribution in [0.15, 0.2) is 35.3 Å². The summed E-state index contributed by atoms with van der Waals surface area (Å²) in [4.78, 5) is 30.2. The Morgan fingerprint density at radius 2 is 2.00 bits per heavy atom. The summed E-state index contributed by atoms with van der Waals surface area (Å²) in [5.74, 6) is -4.06. The third-order valence-corrected chi connectivity index (χ3v) is 6.45. The van der Waals surface area contributed by atoms with Crippen LogP contribution in [0.3, 0.4) is 0 Å². The fourth-order valence-electron chi connectivity index (χ4n) is 4.50. The molecule has 0 radical (unpaired) electrons. The quantitative estimate of drug-likeness (QED) is 0.662. The second kappa shape index (κ2) is 6.30. The number of nitrogens with two attached hydrogens (primary N) is 1. The minimum absolute atomic E-state index is 0.0595. The monoisotopic (exact) mass is 430 g/mol. The van der Waals surface area contributed by atoms with E-state index in [-0.39, 0.29) is 34.5 Å². The van der Waals surface area contributed by atoms with E-state index < -0.39 is 40.0 Å². The predicted molar refractivity (Wildman–Crippen MR) is 106 cm³/mol. The summed E-state index contributed by atoms with van der Waals surface area (Å²) < 4.78 is 44.0. The van der Waals surface area contributed by atoms with Crippen molar-refractivity contribution >= 4 is 22.8 Å². The molecule has 1 saturated heterocycles. The van der Waals surface area contributed by atoms with E-state index in [2.05, 4.69) is 4.98 Å². The number of carboxylic acid groups (broad SMARTS) is 1. The molecule has 31 heavy (non-hydrogen) atoms. The average molecular weight is 430 g/mol. The van der Waals surface area contributed by atoms with Crippen LogP contribution >= 0.6 is 0 Å². The number of rotatable bonds is 3. The SMILES string of the molecule is CC1N(c2nc3c(cc2F)c(=O)c(C(=O)O)cn3-c2ccc(F)cc2F)CC2CC21N. The lowest BCUT2D eigenvalue weighted by Gasteiger charge is -2.29. The van der Waals surface area contributed by atoms with Crippen molar-refractivity contribution in [1.29, 1.82) is 0 Å². The summed E-state index contributed by atoms with van der Waals surface area (Å²) in [6.45, 7) is 2.34. The van der Waals surface area contributed by atoms with Gasteiger partial charge in [0.05, 0.1) is 11.1 Å². The normalized spacial score (nSPS) is 24.5. The van der Waals surface area contributed by atoms with E-state index in [4.69, 9.17) is 5.73 Å². The van der Waals surface area contributed by atoms with Crippen LogP contribution in [0.1, 0.15) is 23.7 Å². The first kappa shape index (κ1) is 19.6. The van der Waals surface area contributed by atoms with Gasteiger partial charge in [-0.15, -0.1) is 0 Å². The van der Waals surface area contributed by atoms with Crippen molar-refractivity contribution in [3.63, 3.8) is 0 Å².